The number of carbonyl (C=O) groups excluding carboxylic acids is 1. The van der Waals surface area contributed by atoms with Gasteiger partial charge in [-0.15, -0.1) is 10.2 Å². The zero-order chi connectivity index (χ0) is 21.8. The van der Waals surface area contributed by atoms with Crippen molar-refractivity contribution in [3.8, 4) is 17.1 Å². The van der Waals surface area contributed by atoms with Crippen molar-refractivity contribution in [1.29, 1.82) is 0 Å². The molecule has 0 bridgehead atoms. The monoisotopic (exact) mass is 433 g/mol. The summed E-state index contributed by atoms with van der Waals surface area (Å²) >= 11 is 1.27. The zero-order valence-corrected chi connectivity index (χ0v) is 17.9. The van der Waals surface area contributed by atoms with Crippen LogP contribution in [-0.4, -0.2) is 31.4 Å². The number of hydrogen-bond donors (Lipinski definition) is 1. The maximum atomic E-state index is 13.5. The van der Waals surface area contributed by atoms with Crippen molar-refractivity contribution in [2.45, 2.75) is 19.0 Å². The van der Waals surface area contributed by atoms with Gasteiger partial charge in [0.1, 0.15) is 5.82 Å². The van der Waals surface area contributed by atoms with Gasteiger partial charge in [-0.1, -0.05) is 17.8 Å². The van der Waals surface area contributed by atoms with Gasteiger partial charge in [-0.25, -0.2) is 4.39 Å². The van der Waals surface area contributed by atoms with E-state index in [1.807, 2.05) is 42.7 Å². The van der Waals surface area contributed by atoms with Crippen LogP contribution in [0.15, 0.2) is 72.1 Å². The van der Waals surface area contributed by atoms with Gasteiger partial charge in [-0.2, -0.15) is 0 Å². The maximum absolute atomic E-state index is 13.5. The molecule has 0 aliphatic carbocycles. The number of nitrogens with zero attached hydrogens (tertiary/aromatic N) is 4. The lowest BCUT2D eigenvalue weighted by atomic mass is 10.1. The number of aryl methyl sites for hydroxylation is 2. The number of benzene rings is 2. The van der Waals surface area contributed by atoms with E-state index in [-0.39, 0.29) is 17.5 Å². The van der Waals surface area contributed by atoms with Gasteiger partial charge >= 0.3 is 0 Å². The molecule has 0 radical (unpaired) electrons. The number of rotatable bonds is 6. The first-order valence-electron chi connectivity index (χ1n) is 9.62. The molecule has 2 heterocycles. The average molecular weight is 434 g/mol. The van der Waals surface area contributed by atoms with E-state index in [0.717, 1.165) is 22.4 Å². The minimum absolute atomic E-state index is 0.144. The van der Waals surface area contributed by atoms with E-state index in [9.17, 15) is 9.18 Å². The first-order valence-corrected chi connectivity index (χ1v) is 10.6. The first-order chi connectivity index (χ1) is 15.0. The van der Waals surface area contributed by atoms with E-state index < -0.39 is 0 Å². The third-order valence-electron chi connectivity index (χ3n) is 4.49. The minimum Gasteiger partial charge on any atom is -0.325 e. The Hall–Kier alpha value is -3.52. The van der Waals surface area contributed by atoms with Crippen LogP contribution in [0.4, 0.5) is 10.1 Å². The van der Waals surface area contributed by atoms with Gasteiger partial charge < -0.3 is 5.32 Å². The number of amides is 1. The Morgan fingerprint density at radius 1 is 1.00 bits per heavy atom. The summed E-state index contributed by atoms with van der Waals surface area (Å²) in [6.45, 7) is 3.98. The second-order valence-electron chi connectivity index (χ2n) is 7.07. The Kier molecular flexibility index (Phi) is 6.08. The predicted octanol–water partition coefficient (Wildman–Crippen LogP) is 4.82. The molecule has 6 nitrogen and oxygen atoms in total. The van der Waals surface area contributed by atoms with Gasteiger partial charge in [-0.05, 0) is 73.5 Å². The molecule has 4 rings (SSSR count). The predicted molar refractivity (Wildman–Crippen MR) is 120 cm³/mol. The highest BCUT2D eigenvalue weighted by atomic mass is 32.2. The van der Waals surface area contributed by atoms with Crippen LogP contribution in [-0.2, 0) is 4.79 Å². The highest BCUT2D eigenvalue weighted by molar-refractivity contribution is 7.99. The molecule has 31 heavy (non-hydrogen) atoms. The molecule has 0 saturated carbocycles. The largest absolute Gasteiger partial charge is 0.325 e. The van der Waals surface area contributed by atoms with Gasteiger partial charge in [0, 0.05) is 29.3 Å². The molecule has 156 valence electrons. The third kappa shape index (κ3) is 4.97. The van der Waals surface area contributed by atoms with Crippen molar-refractivity contribution in [3.05, 3.63) is 83.9 Å². The van der Waals surface area contributed by atoms with Crippen LogP contribution in [0.25, 0.3) is 17.1 Å². The summed E-state index contributed by atoms with van der Waals surface area (Å²) in [6, 6.07) is 15.6. The quantitative estimate of drug-likeness (QED) is 0.442. The fraction of sp³-hybridized carbons (Fsp3) is 0.130. The number of aromatic nitrogens is 4. The Bertz CT molecular complexity index is 1190. The van der Waals surface area contributed by atoms with E-state index in [1.54, 1.807) is 24.5 Å². The fourth-order valence-electron chi connectivity index (χ4n) is 3.25. The van der Waals surface area contributed by atoms with Crippen LogP contribution < -0.4 is 5.32 Å². The molecule has 0 aliphatic heterocycles. The Labute approximate surface area is 183 Å². The van der Waals surface area contributed by atoms with Gasteiger partial charge in [0.05, 0.1) is 5.75 Å². The van der Waals surface area contributed by atoms with Crippen LogP contribution in [0, 0.1) is 19.7 Å². The summed E-state index contributed by atoms with van der Waals surface area (Å²) in [5.74, 6) is 0.271. The van der Waals surface area contributed by atoms with Gasteiger partial charge in [0.25, 0.3) is 0 Å². The van der Waals surface area contributed by atoms with Gasteiger partial charge in [0.2, 0.25) is 5.91 Å². The van der Waals surface area contributed by atoms with Crippen LogP contribution in [0.5, 0.6) is 0 Å². The molecule has 4 aromatic rings. The molecule has 8 heteroatoms. The Morgan fingerprint density at radius 2 is 1.68 bits per heavy atom. The highest BCUT2D eigenvalue weighted by Crippen LogP contribution is 2.28. The molecule has 1 N–H and O–H groups in total. The van der Waals surface area contributed by atoms with Crippen molar-refractivity contribution >= 4 is 23.4 Å². The lowest BCUT2D eigenvalue weighted by molar-refractivity contribution is -0.113. The number of carbonyl (C=O) groups is 1. The summed E-state index contributed by atoms with van der Waals surface area (Å²) in [4.78, 5) is 16.6. The van der Waals surface area contributed by atoms with Crippen LogP contribution in [0.1, 0.15) is 11.1 Å². The van der Waals surface area contributed by atoms with E-state index >= 15 is 0 Å². The lowest BCUT2D eigenvalue weighted by Gasteiger charge is -2.11. The molecular weight excluding hydrogens is 413 g/mol. The molecule has 0 atom stereocenters. The number of pyridine rings is 1. The van der Waals surface area contributed by atoms with Crippen molar-refractivity contribution in [1.82, 2.24) is 19.7 Å². The van der Waals surface area contributed by atoms with Crippen molar-refractivity contribution in [2.24, 2.45) is 0 Å². The first kappa shape index (κ1) is 20.7. The summed E-state index contributed by atoms with van der Waals surface area (Å²) in [5.41, 5.74) is 4.45. The van der Waals surface area contributed by atoms with E-state index in [0.29, 0.717) is 16.7 Å². The van der Waals surface area contributed by atoms with Crippen molar-refractivity contribution in [3.63, 3.8) is 0 Å². The Balaban J connectivity index is 1.58. The minimum atomic E-state index is -0.329. The smallest absolute Gasteiger partial charge is 0.234 e. The number of nitrogens with one attached hydrogen (secondary N) is 1. The van der Waals surface area contributed by atoms with Crippen LogP contribution in [0.3, 0.4) is 0 Å². The zero-order valence-electron chi connectivity index (χ0n) is 17.0. The van der Waals surface area contributed by atoms with Crippen LogP contribution in [0.2, 0.25) is 0 Å². The number of thioether (sulfide) groups is 1. The van der Waals surface area contributed by atoms with Crippen molar-refractivity contribution < 1.29 is 9.18 Å². The molecule has 1 amide bonds. The summed E-state index contributed by atoms with van der Waals surface area (Å²) in [5, 5.41) is 12.0. The normalized spacial score (nSPS) is 10.8. The Morgan fingerprint density at radius 3 is 2.35 bits per heavy atom. The topological polar surface area (TPSA) is 72.7 Å². The summed E-state index contributed by atoms with van der Waals surface area (Å²) < 4.78 is 15.3. The molecular formula is C23H20FN5OS. The number of hydrogen-bond acceptors (Lipinski definition) is 5. The summed E-state index contributed by atoms with van der Waals surface area (Å²) in [7, 11) is 0. The molecule has 2 aromatic carbocycles. The highest BCUT2D eigenvalue weighted by Gasteiger charge is 2.17. The molecule has 0 unspecified atom stereocenters. The van der Waals surface area contributed by atoms with Crippen molar-refractivity contribution in [2.75, 3.05) is 11.1 Å². The van der Waals surface area contributed by atoms with E-state index in [1.165, 1.54) is 23.9 Å². The molecule has 2 aromatic heterocycles. The fourth-order valence-corrected chi connectivity index (χ4v) is 4.00. The molecule has 0 aliphatic rings. The van der Waals surface area contributed by atoms with Crippen LogP contribution >= 0.6 is 11.8 Å². The van der Waals surface area contributed by atoms with Gasteiger partial charge in [-0.3, -0.25) is 14.3 Å². The molecule has 0 fully saturated rings. The van der Waals surface area contributed by atoms with Gasteiger partial charge in [0.15, 0.2) is 11.0 Å². The maximum Gasteiger partial charge on any atom is 0.234 e. The molecule has 0 saturated heterocycles. The molecule has 0 spiro atoms. The van der Waals surface area contributed by atoms with E-state index in [2.05, 4.69) is 26.6 Å². The lowest BCUT2D eigenvalue weighted by Crippen LogP contribution is -2.14. The second-order valence-corrected chi connectivity index (χ2v) is 8.01. The van der Waals surface area contributed by atoms with E-state index in [4.69, 9.17) is 0 Å². The third-order valence-corrected chi connectivity index (χ3v) is 5.42. The average Bonchev–Trinajstić information content (AvgIpc) is 3.17. The SMILES string of the molecule is Cc1cc(C)cc(NC(=O)CSc2nnc(-c3ccncc3)n2-c2ccc(F)cc2)c1. The summed E-state index contributed by atoms with van der Waals surface area (Å²) in [6.07, 6.45) is 3.34. The second kappa shape index (κ2) is 9.09. The standard InChI is InChI=1S/C23H20FN5OS/c1-15-11-16(2)13-19(12-15)26-21(30)14-31-23-28-27-22(17-7-9-25-10-8-17)29(23)20-5-3-18(24)4-6-20/h3-13H,14H2,1-2H3,(H,26,30). The number of anilines is 1. The number of halogens is 1.